The van der Waals surface area contributed by atoms with Crippen LogP contribution < -0.4 is 10.6 Å². The van der Waals surface area contributed by atoms with E-state index in [0.29, 0.717) is 13.1 Å². The molecule has 2 fully saturated rings. The van der Waals surface area contributed by atoms with Gasteiger partial charge in [0.05, 0.1) is 0 Å². The van der Waals surface area contributed by atoms with Gasteiger partial charge in [-0.05, 0) is 49.9 Å². The van der Waals surface area contributed by atoms with Gasteiger partial charge in [0.1, 0.15) is 0 Å². The third kappa shape index (κ3) is 4.75. The van der Waals surface area contributed by atoms with Crippen molar-refractivity contribution in [3.05, 3.63) is 29.8 Å². The van der Waals surface area contributed by atoms with Gasteiger partial charge in [-0.15, -0.1) is 0 Å². The molecule has 0 radical (unpaired) electrons. The van der Waals surface area contributed by atoms with Crippen molar-refractivity contribution in [3.63, 3.8) is 0 Å². The van der Waals surface area contributed by atoms with Gasteiger partial charge < -0.3 is 20.4 Å². The second kappa shape index (κ2) is 9.03. The molecule has 142 valence electrons. The van der Waals surface area contributed by atoms with Crippen LogP contribution in [0.5, 0.6) is 0 Å². The fourth-order valence-electron chi connectivity index (χ4n) is 3.71. The minimum atomic E-state index is -0.0185. The van der Waals surface area contributed by atoms with Crippen LogP contribution in [0.3, 0.4) is 0 Å². The lowest BCUT2D eigenvalue weighted by Gasteiger charge is -2.34. The molecule has 0 atom stereocenters. The normalized spacial score (nSPS) is 18.2. The summed E-state index contributed by atoms with van der Waals surface area (Å²) < 4.78 is 0. The molecule has 2 aliphatic heterocycles. The number of anilines is 1. The number of likely N-dealkylation sites (tertiary alicyclic amines) is 2. The summed E-state index contributed by atoms with van der Waals surface area (Å²) in [6.45, 7) is 6.90. The summed E-state index contributed by atoms with van der Waals surface area (Å²) in [4.78, 5) is 28.9. The largest absolute Gasteiger partial charge is 0.326 e. The van der Waals surface area contributed by atoms with E-state index in [0.717, 1.165) is 63.1 Å². The molecule has 0 bridgehead atoms. The van der Waals surface area contributed by atoms with Crippen molar-refractivity contribution in [2.75, 3.05) is 38.0 Å². The van der Waals surface area contributed by atoms with Crippen LogP contribution in [0.2, 0.25) is 0 Å². The minimum Gasteiger partial charge on any atom is -0.326 e. The van der Waals surface area contributed by atoms with Crippen LogP contribution in [0, 0.1) is 5.92 Å². The first kappa shape index (κ1) is 18.7. The van der Waals surface area contributed by atoms with Gasteiger partial charge in [0.15, 0.2) is 0 Å². The van der Waals surface area contributed by atoms with E-state index in [2.05, 4.69) is 23.6 Å². The number of amides is 3. The smallest absolute Gasteiger partial charge is 0.319 e. The average Bonchev–Trinajstić information content (AvgIpc) is 3.21. The summed E-state index contributed by atoms with van der Waals surface area (Å²) in [6, 6.07) is 8.13. The maximum absolute atomic E-state index is 12.6. The Bertz CT molecular complexity index is 620. The lowest BCUT2D eigenvalue weighted by atomic mass is 9.96. The Morgan fingerprint density at radius 2 is 1.77 bits per heavy atom. The predicted molar refractivity (Wildman–Crippen MR) is 103 cm³/mol. The summed E-state index contributed by atoms with van der Waals surface area (Å²) in [5.74, 6) is 0.0499. The van der Waals surface area contributed by atoms with Gasteiger partial charge in [-0.2, -0.15) is 0 Å². The molecule has 2 heterocycles. The van der Waals surface area contributed by atoms with Gasteiger partial charge in [0.25, 0.3) is 0 Å². The first-order chi connectivity index (χ1) is 12.7. The van der Waals surface area contributed by atoms with E-state index < -0.39 is 0 Å². The van der Waals surface area contributed by atoms with Crippen molar-refractivity contribution in [1.82, 2.24) is 15.1 Å². The number of piperidine rings is 1. The number of hydrogen-bond donors (Lipinski definition) is 2. The second-order valence-electron chi connectivity index (χ2n) is 7.21. The zero-order chi connectivity index (χ0) is 18.4. The Morgan fingerprint density at radius 3 is 2.46 bits per heavy atom. The molecule has 2 saturated heterocycles. The number of nitrogens with zero attached hydrogens (tertiary/aromatic N) is 2. The van der Waals surface area contributed by atoms with Crippen LogP contribution in [0.1, 0.15) is 38.2 Å². The Morgan fingerprint density at radius 1 is 1.08 bits per heavy atom. The van der Waals surface area contributed by atoms with Crippen LogP contribution in [0.4, 0.5) is 10.5 Å². The molecule has 0 aromatic heterocycles. The molecule has 0 aliphatic carbocycles. The molecular formula is C20H30N4O2. The van der Waals surface area contributed by atoms with Crippen LogP contribution >= 0.6 is 0 Å². The number of rotatable bonds is 5. The molecule has 3 amide bonds. The molecule has 26 heavy (non-hydrogen) atoms. The van der Waals surface area contributed by atoms with Crippen molar-refractivity contribution in [3.8, 4) is 0 Å². The topological polar surface area (TPSA) is 64.7 Å². The molecule has 6 heteroatoms. The van der Waals surface area contributed by atoms with Gasteiger partial charge in [-0.3, -0.25) is 4.79 Å². The Hall–Kier alpha value is -2.08. The summed E-state index contributed by atoms with van der Waals surface area (Å²) in [7, 11) is 0. The van der Waals surface area contributed by atoms with E-state index in [9.17, 15) is 9.59 Å². The van der Waals surface area contributed by atoms with E-state index >= 15 is 0 Å². The summed E-state index contributed by atoms with van der Waals surface area (Å²) in [5, 5.41) is 6.34. The highest BCUT2D eigenvalue weighted by molar-refractivity contribution is 5.92. The molecule has 2 N–H and O–H groups in total. The van der Waals surface area contributed by atoms with E-state index in [1.807, 2.05) is 28.0 Å². The number of urea groups is 1. The van der Waals surface area contributed by atoms with E-state index in [-0.39, 0.29) is 17.9 Å². The molecular weight excluding hydrogens is 328 g/mol. The van der Waals surface area contributed by atoms with Gasteiger partial charge >= 0.3 is 6.03 Å². The highest BCUT2D eigenvalue weighted by Gasteiger charge is 2.30. The first-order valence-corrected chi connectivity index (χ1v) is 9.81. The van der Waals surface area contributed by atoms with Gasteiger partial charge in [0.2, 0.25) is 5.91 Å². The monoisotopic (exact) mass is 358 g/mol. The summed E-state index contributed by atoms with van der Waals surface area (Å²) >= 11 is 0. The van der Waals surface area contributed by atoms with Crippen molar-refractivity contribution >= 4 is 17.6 Å². The van der Waals surface area contributed by atoms with E-state index in [4.69, 9.17) is 0 Å². The zero-order valence-corrected chi connectivity index (χ0v) is 15.7. The van der Waals surface area contributed by atoms with Crippen molar-refractivity contribution in [1.29, 1.82) is 0 Å². The van der Waals surface area contributed by atoms with Gasteiger partial charge in [-0.1, -0.05) is 19.1 Å². The number of carbonyl (C=O) groups is 2. The highest BCUT2D eigenvalue weighted by atomic mass is 16.2. The Labute approximate surface area is 155 Å². The minimum absolute atomic E-state index is 0.0185. The maximum atomic E-state index is 12.6. The van der Waals surface area contributed by atoms with Crippen LogP contribution in [0.15, 0.2) is 24.3 Å². The number of hydrogen-bond acceptors (Lipinski definition) is 3. The highest BCUT2D eigenvalue weighted by Crippen LogP contribution is 2.22. The lowest BCUT2D eigenvalue weighted by Crippen LogP contribution is -2.47. The van der Waals surface area contributed by atoms with Crippen LogP contribution in [0.25, 0.3) is 0 Å². The summed E-state index contributed by atoms with van der Waals surface area (Å²) in [5.41, 5.74) is 2.01. The van der Waals surface area contributed by atoms with Crippen LogP contribution in [-0.4, -0.2) is 54.5 Å². The zero-order valence-electron chi connectivity index (χ0n) is 15.7. The fraction of sp³-hybridized carbons (Fsp3) is 0.600. The Balaban J connectivity index is 1.48. The maximum Gasteiger partial charge on any atom is 0.319 e. The molecule has 3 rings (SSSR count). The lowest BCUT2D eigenvalue weighted by molar-refractivity contribution is -0.121. The summed E-state index contributed by atoms with van der Waals surface area (Å²) in [6.07, 6.45) is 3.69. The molecule has 1 aromatic carbocycles. The van der Waals surface area contributed by atoms with Crippen LogP contribution in [-0.2, 0) is 11.3 Å². The Kier molecular flexibility index (Phi) is 6.50. The number of nitrogens with one attached hydrogen (secondary N) is 2. The fourth-order valence-corrected chi connectivity index (χ4v) is 3.71. The average molecular weight is 358 g/mol. The number of carbonyl (C=O) groups excluding carboxylic acids is 2. The molecule has 0 spiro atoms. The van der Waals surface area contributed by atoms with E-state index in [1.165, 1.54) is 0 Å². The predicted octanol–water partition coefficient (Wildman–Crippen LogP) is 2.66. The van der Waals surface area contributed by atoms with Crippen molar-refractivity contribution in [2.24, 2.45) is 5.92 Å². The molecule has 6 nitrogen and oxygen atoms in total. The standard InChI is InChI=1S/C20H30N4O2/c1-2-21-15-16-6-5-7-18(14-16)22-19(25)17-8-12-24(13-9-17)20(26)23-10-3-4-11-23/h5-7,14,17,21H,2-4,8-13,15H2,1H3,(H,22,25). The van der Waals surface area contributed by atoms with Crippen molar-refractivity contribution in [2.45, 2.75) is 39.2 Å². The SMILES string of the molecule is CCNCc1cccc(NC(=O)C2CCN(C(=O)N3CCCC3)CC2)c1. The molecule has 1 aromatic rings. The van der Waals surface area contributed by atoms with Gasteiger partial charge in [0, 0.05) is 44.3 Å². The third-order valence-electron chi connectivity index (χ3n) is 5.29. The molecule has 2 aliphatic rings. The van der Waals surface area contributed by atoms with Crippen molar-refractivity contribution < 1.29 is 9.59 Å². The first-order valence-electron chi connectivity index (χ1n) is 9.81. The third-order valence-corrected chi connectivity index (χ3v) is 5.29. The second-order valence-corrected chi connectivity index (χ2v) is 7.21. The molecule has 0 saturated carbocycles. The van der Waals surface area contributed by atoms with E-state index in [1.54, 1.807) is 0 Å². The quantitative estimate of drug-likeness (QED) is 0.850. The molecule has 0 unspecified atom stereocenters. The number of benzene rings is 1. The van der Waals surface area contributed by atoms with Gasteiger partial charge in [-0.25, -0.2) is 4.79 Å².